The highest BCUT2D eigenvalue weighted by Gasteiger charge is 2.19. The van der Waals surface area contributed by atoms with Gasteiger partial charge in [-0.3, -0.25) is 9.59 Å². The van der Waals surface area contributed by atoms with Crippen LogP contribution in [0.25, 0.3) is 0 Å². The van der Waals surface area contributed by atoms with Crippen LogP contribution in [0.5, 0.6) is 0 Å². The van der Waals surface area contributed by atoms with E-state index in [0.717, 1.165) is 0 Å². The number of halogens is 1. The minimum Gasteiger partial charge on any atom is -0.481 e. The maximum Gasteiger partial charge on any atom is 0.303 e. The normalized spacial score (nSPS) is 11.2. The molecule has 5 heteroatoms. The zero-order valence-electron chi connectivity index (χ0n) is 12.7. The first-order chi connectivity index (χ1) is 9.71. The Kier molecular flexibility index (Phi) is 5.88. The average Bonchev–Trinajstić information content (AvgIpc) is 2.36. The van der Waals surface area contributed by atoms with Gasteiger partial charge in [-0.05, 0) is 48.9 Å². The zero-order valence-corrected chi connectivity index (χ0v) is 12.7. The van der Waals surface area contributed by atoms with E-state index in [9.17, 15) is 14.0 Å². The number of carbonyl (C=O) groups is 2. The molecule has 0 radical (unpaired) electrons. The number of nitrogens with one attached hydrogen (secondary N) is 1. The van der Waals surface area contributed by atoms with E-state index in [-0.39, 0.29) is 23.6 Å². The molecule has 0 heterocycles. The van der Waals surface area contributed by atoms with Crippen LogP contribution in [-0.2, 0) is 4.79 Å². The summed E-state index contributed by atoms with van der Waals surface area (Å²) in [5, 5.41) is 11.5. The summed E-state index contributed by atoms with van der Waals surface area (Å²) < 4.78 is 13.0. The Labute approximate surface area is 124 Å². The van der Waals surface area contributed by atoms with Crippen molar-refractivity contribution >= 4 is 11.9 Å². The molecule has 1 aromatic carbocycles. The lowest BCUT2D eigenvalue weighted by Gasteiger charge is -2.23. The van der Waals surface area contributed by atoms with Crippen molar-refractivity contribution in [2.45, 2.75) is 40.0 Å². The largest absolute Gasteiger partial charge is 0.481 e. The maximum atomic E-state index is 13.0. The van der Waals surface area contributed by atoms with Gasteiger partial charge in [0.1, 0.15) is 5.82 Å². The molecule has 0 aliphatic carbocycles. The fourth-order valence-electron chi connectivity index (χ4n) is 2.06. The SMILES string of the molecule is Cc1cc(F)ccc1C(=O)NCCC(C)(C)CCC(=O)O. The average molecular weight is 295 g/mol. The Balaban J connectivity index is 2.48. The van der Waals surface area contributed by atoms with Gasteiger partial charge >= 0.3 is 5.97 Å². The van der Waals surface area contributed by atoms with Crippen molar-refractivity contribution in [1.82, 2.24) is 5.32 Å². The topological polar surface area (TPSA) is 66.4 Å². The van der Waals surface area contributed by atoms with E-state index in [1.807, 2.05) is 13.8 Å². The molecule has 1 rings (SSSR count). The second-order valence-corrected chi connectivity index (χ2v) is 6.02. The van der Waals surface area contributed by atoms with Gasteiger partial charge in [-0.2, -0.15) is 0 Å². The number of carbonyl (C=O) groups excluding carboxylic acids is 1. The molecule has 0 unspecified atom stereocenters. The highest BCUT2D eigenvalue weighted by atomic mass is 19.1. The molecule has 0 bridgehead atoms. The van der Waals surface area contributed by atoms with Gasteiger partial charge in [-0.25, -0.2) is 4.39 Å². The molecule has 0 aliphatic rings. The van der Waals surface area contributed by atoms with Crippen molar-refractivity contribution in [3.8, 4) is 0 Å². The molecule has 0 aromatic heterocycles. The van der Waals surface area contributed by atoms with Crippen molar-refractivity contribution in [2.24, 2.45) is 5.41 Å². The second kappa shape index (κ2) is 7.20. The van der Waals surface area contributed by atoms with Crippen LogP contribution < -0.4 is 5.32 Å². The molecule has 0 aliphatic heterocycles. The van der Waals surface area contributed by atoms with E-state index in [1.165, 1.54) is 18.2 Å². The van der Waals surface area contributed by atoms with Crippen LogP contribution in [0.1, 0.15) is 49.0 Å². The molecular formula is C16H22FNO3. The van der Waals surface area contributed by atoms with Gasteiger partial charge in [0.2, 0.25) is 0 Å². The number of aliphatic carboxylic acids is 1. The summed E-state index contributed by atoms with van der Waals surface area (Å²) in [4.78, 5) is 22.6. The zero-order chi connectivity index (χ0) is 16.0. The molecular weight excluding hydrogens is 273 g/mol. The molecule has 2 N–H and O–H groups in total. The summed E-state index contributed by atoms with van der Waals surface area (Å²) in [5.74, 6) is -1.41. The summed E-state index contributed by atoms with van der Waals surface area (Å²) in [5.41, 5.74) is 0.904. The molecule has 21 heavy (non-hydrogen) atoms. The Morgan fingerprint density at radius 2 is 1.95 bits per heavy atom. The lowest BCUT2D eigenvalue weighted by molar-refractivity contribution is -0.137. The maximum absolute atomic E-state index is 13.0. The molecule has 1 amide bonds. The van der Waals surface area contributed by atoms with E-state index in [0.29, 0.717) is 30.5 Å². The fraction of sp³-hybridized carbons (Fsp3) is 0.500. The van der Waals surface area contributed by atoms with Crippen molar-refractivity contribution in [1.29, 1.82) is 0 Å². The molecule has 0 spiro atoms. The van der Waals surface area contributed by atoms with Crippen molar-refractivity contribution < 1.29 is 19.1 Å². The van der Waals surface area contributed by atoms with Gasteiger partial charge in [0, 0.05) is 18.5 Å². The van der Waals surface area contributed by atoms with Crippen LogP contribution in [0.15, 0.2) is 18.2 Å². The van der Waals surface area contributed by atoms with Crippen LogP contribution >= 0.6 is 0 Å². The Bertz CT molecular complexity index is 526. The first-order valence-corrected chi connectivity index (χ1v) is 6.97. The van der Waals surface area contributed by atoms with Crippen LogP contribution in [0.3, 0.4) is 0 Å². The predicted octanol–water partition coefficient (Wildman–Crippen LogP) is 3.15. The molecule has 4 nitrogen and oxygen atoms in total. The van der Waals surface area contributed by atoms with Crippen LogP contribution in [0, 0.1) is 18.2 Å². The van der Waals surface area contributed by atoms with Crippen LogP contribution in [-0.4, -0.2) is 23.5 Å². The lowest BCUT2D eigenvalue weighted by Crippen LogP contribution is -2.29. The number of rotatable bonds is 7. The predicted molar refractivity (Wildman–Crippen MR) is 78.7 cm³/mol. The monoisotopic (exact) mass is 295 g/mol. The Hall–Kier alpha value is -1.91. The van der Waals surface area contributed by atoms with Crippen molar-refractivity contribution in [3.05, 3.63) is 35.1 Å². The molecule has 0 fully saturated rings. The molecule has 1 aromatic rings. The highest BCUT2D eigenvalue weighted by molar-refractivity contribution is 5.95. The number of carboxylic acid groups (broad SMARTS) is 1. The van der Waals surface area contributed by atoms with Crippen LogP contribution in [0.4, 0.5) is 4.39 Å². The summed E-state index contributed by atoms with van der Waals surface area (Å²) in [6.45, 7) is 6.10. The molecule has 0 saturated heterocycles. The van der Waals surface area contributed by atoms with E-state index in [4.69, 9.17) is 5.11 Å². The third-order valence-corrected chi connectivity index (χ3v) is 3.54. The quantitative estimate of drug-likeness (QED) is 0.812. The molecule has 116 valence electrons. The van der Waals surface area contributed by atoms with E-state index >= 15 is 0 Å². The summed E-state index contributed by atoms with van der Waals surface area (Å²) in [6, 6.07) is 4.06. The van der Waals surface area contributed by atoms with E-state index in [2.05, 4.69) is 5.32 Å². The van der Waals surface area contributed by atoms with Gasteiger partial charge in [-0.1, -0.05) is 13.8 Å². The van der Waals surface area contributed by atoms with Gasteiger partial charge in [0.05, 0.1) is 0 Å². The standard InChI is InChI=1S/C16H22FNO3/c1-11-10-12(17)4-5-13(11)15(21)18-9-8-16(2,3)7-6-14(19)20/h4-5,10H,6-9H2,1-3H3,(H,18,21)(H,19,20). The van der Waals surface area contributed by atoms with Gasteiger partial charge < -0.3 is 10.4 Å². The smallest absolute Gasteiger partial charge is 0.303 e. The first kappa shape index (κ1) is 17.1. The number of aryl methyl sites for hydroxylation is 1. The van der Waals surface area contributed by atoms with Gasteiger partial charge in [0.25, 0.3) is 5.91 Å². The first-order valence-electron chi connectivity index (χ1n) is 6.97. The lowest BCUT2D eigenvalue weighted by atomic mass is 9.84. The van der Waals surface area contributed by atoms with E-state index in [1.54, 1.807) is 6.92 Å². The number of hydrogen-bond donors (Lipinski definition) is 2. The van der Waals surface area contributed by atoms with E-state index < -0.39 is 5.97 Å². The number of hydrogen-bond acceptors (Lipinski definition) is 2. The second-order valence-electron chi connectivity index (χ2n) is 6.02. The number of amides is 1. The van der Waals surface area contributed by atoms with Crippen molar-refractivity contribution in [3.63, 3.8) is 0 Å². The summed E-state index contributed by atoms with van der Waals surface area (Å²) in [6.07, 6.45) is 1.37. The Morgan fingerprint density at radius 1 is 1.29 bits per heavy atom. The highest BCUT2D eigenvalue weighted by Crippen LogP contribution is 2.26. The minimum atomic E-state index is -0.811. The fourth-order valence-corrected chi connectivity index (χ4v) is 2.06. The minimum absolute atomic E-state index is 0.123. The van der Waals surface area contributed by atoms with Crippen molar-refractivity contribution in [2.75, 3.05) is 6.54 Å². The third-order valence-electron chi connectivity index (χ3n) is 3.54. The molecule has 0 saturated carbocycles. The van der Waals surface area contributed by atoms with Gasteiger partial charge in [0.15, 0.2) is 0 Å². The Morgan fingerprint density at radius 3 is 2.52 bits per heavy atom. The third kappa shape index (κ3) is 5.94. The number of benzene rings is 1. The summed E-state index contributed by atoms with van der Waals surface area (Å²) in [7, 11) is 0. The summed E-state index contributed by atoms with van der Waals surface area (Å²) >= 11 is 0. The molecule has 0 atom stereocenters. The number of carboxylic acids is 1. The van der Waals surface area contributed by atoms with Crippen LogP contribution in [0.2, 0.25) is 0 Å². The van der Waals surface area contributed by atoms with Gasteiger partial charge in [-0.15, -0.1) is 0 Å².